The topological polar surface area (TPSA) is 103 Å². The lowest BCUT2D eigenvalue weighted by molar-refractivity contribution is -0.144. The lowest BCUT2D eigenvalue weighted by Crippen LogP contribution is -2.44. The molecule has 2 aromatic carbocycles. The smallest absolute Gasteiger partial charge is 0.410 e. The molecule has 1 heterocycles. The summed E-state index contributed by atoms with van der Waals surface area (Å²) in [5.41, 5.74) is 4.19. The van der Waals surface area contributed by atoms with E-state index in [1.807, 2.05) is 48.5 Å². The second-order valence-electron chi connectivity index (χ2n) is 9.28. The van der Waals surface area contributed by atoms with E-state index in [0.29, 0.717) is 0 Å². The van der Waals surface area contributed by atoms with Crippen LogP contribution in [0, 0.1) is 0 Å². The van der Waals surface area contributed by atoms with Crippen LogP contribution < -0.4 is 5.32 Å². The van der Waals surface area contributed by atoms with E-state index in [-0.39, 0.29) is 25.7 Å². The van der Waals surface area contributed by atoms with Gasteiger partial charge in [0.1, 0.15) is 19.4 Å². The number of ether oxygens (including phenoxy) is 4. The van der Waals surface area contributed by atoms with E-state index < -0.39 is 55.7 Å². The summed E-state index contributed by atoms with van der Waals surface area (Å²) >= 11 is 0. The Hall–Kier alpha value is -3.99. The SMILES string of the molecule is C=CCOC(=O)N1CC(F)(F)C[C@H]1COC(CC(=O)OC)NC(=O)OCC1c2ccccc2-c2ccccc21. The molecule has 1 N–H and O–H groups in total. The summed E-state index contributed by atoms with van der Waals surface area (Å²) in [5, 5.41) is 2.46. The quantitative estimate of drug-likeness (QED) is 0.204. The number of nitrogens with one attached hydrogen (secondary N) is 1. The normalized spacial score (nSPS) is 18.0. The molecule has 2 aliphatic rings. The highest BCUT2D eigenvalue weighted by atomic mass is 19.3. The molecule has 1 unspecified atom stereocenters. The Labute approximate surface area is 224 Å². The molecule has 0 saturated carbocycles. The number of esters is 1. The fourth-order valence-corrected chi connectivity index (χ4v) is 4.86. The largest absolute Gasteiger partial charge is 0.469 e. The van der Waals surface area contributed by atoms with Gasteiger partial charge in [-0.15, -0.1) is 0 Å². The van der Waals surface area contributed by atoms with E-state index in [1.165, 1.54) is 13.2 Å². The molecule has 1 aliphatic heterocycles. The minimum Gasteiger partial charge on any atom is -0.469 e. The van der Waals surface area contributed by atoms with Crippen LogP contribution in [-0.2, 0) is 23.7 Å². The summed E-state index contributed by atoms with van der Waals surface area (Å²) in [4.78, 5) is 37.7. The summed E-state index contributed by atoms with van der Waals surface area (Å²) in [5.74, 6) is -4.02. The zero-order valence-corrected chi connectivity index (χ0v) is 21.4. The third-order valence-corrected chi connectivity index (χ3v) is 6.63. The Bertz CT molecular complexity index is 1180. The Kier molecular flexibility index (Phi) is 8.80. The number of fused-ring (bicyclic) bond motifs is 3. The van der Waals surface area contributed by atoms with E-state index >= 15 is 0 Å². The van der Waals surface area contributed by atoms with Crippen LogP contribution in [0.15, 0.2) is 61.2 Å². The van der Waals surface area contributed by atoms with Crippen molar-refractivity contribution in [2.75, 3.05) is 33.5 Å². The predicted molar refractivity (Wildman–Crippen MR) is 136 cm³/mol. The standard InChI is InChI=1S/C28H30F2N2O7/c1-3-12-37-27(35)32-17-28(29,30)14-18(32)15-38-24(13-25(33)36-2)31-26(34)39-16-23-21-10-6-4-8-19(21)20-9-5-7-11-22(20)23/h3-11,18,23-24H,1,12-17H2,2H3,(H,31,34)/t18-,24?/m0/s1. The monoisotopic (exact) mass is 544 g/mol. The van der Waals surface area contributed by atoms with E-state index in [4.69, 9.17) is 14.2 Å². The van der Waals surface area contributed by atoms with Crippen molar-refractivity contribution in [2.45, 2.75) is 37.0 Å². The van der Waals surface area contributed by atoms with Gasteiger partial charge in [0.15, 0.2) is 0 Å². The highest BCUT2D eigenvalue weighted by molar-refractivity contribution is 5.79. The molecule has 1 fully saturated rings. The number of likely N-dealkylation sites (tertiary alicyclic amines) is 1. The molecule has 0 radical (unpaired) electrons. The molecule has 208 valence electrons. The van der Waals surface area contributed by atoms with Crippen LogP contribution in [0.2, 0.25) is 0 Å². The number of rotatable bonds is 10. The molecule has 0 spiro atoms. The van der Waals surface area contributed by atoms with Gasteiger partial charge >= 0.3 is 18.2 Å². The molecule has 0 bridgehead atoms. The number of alkyl halides is 2. The highest BCUT2D eigenvalue weighted by Gasteiger charge is 2.48. The number of halogens is 2. The Morgan fingerprint density at radius 3 is 2.33 bits per heavy atom. The van der Waals surface area contributed by atoms with E-state index in [1.54, 1.807) is 0 Å². The Balaban J connectivity index is 1.38. The number of carbonyl (C=O) groups excluding carboxylic acids is 3. The molecule has 1 saturated heterocycles. The van der Waals surface area contributed by atoms with Gasteiger partial charge in [0, 0.05) is 12.3 Å². The van der Waals surface area contributed by atoms with Crippen LogP contribution in [0.5, 0.6) is 0 Å². The van der Waals surface area contributed by atoms with Gasteiger partial charge in [-0.3, -0.25) is 15.0 Å². The first-order valence-electron chi connectivity index (χ1n) is 12.4. The molecule has 39 heavy (non-hydrogen) atoms. The summed E-state index contributed by atoms with van der Waals surface area (Å²) < 4.78 is 48.9. The van der Waals surface area contributed by atoms with Crippen molar-refractivity contribution >= 4 is 18.2 Å². The van der Waals surface area contributed by atoms with Crippen molar-refractivity contribution in [3.8, 4) is 11.1 Å². The average Bonchev–Trinajstić information content (AvgIpc) is 3.42. The van der Waals surface area contributed by atoms with Gasteiger partial charge in [-0.2, -0.15) is 0 Å². The third kappa shape index (κ3) is 6.72. The van der Waals surface area contributed by atoms with Crippen molar-refractivity contribution < 1.29 is 42.1 Å². The van der Waals surface area contributed by atoms with Crippen LogP contribution in [0.3, 0.4) is 0 Å². The molecular weight excluding hydrogens is 514 g/mol. The minimum absolute atomic E-state index is 0.0303. The van der Waals surface area contributed by atoms with E-state index in [2.05, 4.69) is 16.6 Å². The number of benzene rings is 2. The minimum atomic E-state index is -3.14. The van der Waals surface area contributed by atoms with Gasteiger partial charge in [0.25, 0.3) is 5.92 Å². The molecule has 1 aliphatic carbocycles. The number of carbonyl (C=O) groups is 3. The predicted octanol–water partition coefficient (Wildman–Crippen LogP) is 4.46. The summed E-state index contributed by atoms with van der Waals surface area (Å²) in [7, 11) is 1.17. The number of amides is 2. The molecule has 2 atom stereocenters. The van der Waals surface area contributed by atoms with Gasteiger partial charge in [-0.1, -0.05) is 61.2 Å². The van der Waals surface area contributed by atoms with Gasteiger partial charge in [0.2, 0.25) is 0 Å². The third-order valence-electron chi connectivity index (χ3n) is 6.63. The van der Waals surface area contributed by atoms with Crippen LogP contribution in [0.4, 0.5) is 18.4 Å². The number of alkyl carbamates (subject to hydrolysis) is 1. The molecule has 9 nitrogen and oxygen atoms in total. The van der Waals surface area contributed by atoms with Gasteiger partial charge in [-0.05, 0) is 22.3 Å². The molecule has 4 rings (SSSR count). The van der Waals surface area contributed by atoms with Crippen molar-refractivity contribution in [3.63, 3.8) is 0 Å². The lowest BCUT2D eigenvalue weighted by atomic mass is 9.98. The second-order valence-corrected chi connectivity index (χ2v) is 9.28. The summed E-state index contributed by atoms with van der Waals surface area (Å²) in [6.45, 7) is 2.10. The van der Waals surface area contributed by atoms with Crippen LogP contribution in [-0.4, -0.2) is 74.7 Å². The highest BCUT2D eigenvalue weighted by Crippen LogP contribution is 2.44. The number of hydrogen-bond donors (Lipinski definition) is 1. The average molecular weight is 545 g/mol. The first kappa shape index (κ1) is 28.0. The number of hydrogen-bond acceptors (Lipinski definition) is 7. The van der Waals surface area contributed by atoms with Crippen molar-refractivity contribution in [1.29, 1.82) is 0 Å². The van der Waals surface area contributed by atoms with Gasteiger partial charge in [-0.25, -0.2) is 18.4 Å². The maximum absolute atomic E-state index is 14.1. The van der Waals surface area contributed by atoms with Crippen molar-refractivity contribution in [2.24, 2.45) is 0 Å². The summed E-state index contributed by atoms with van der Waals surface area (Å²) in [6, 6.07) is 14.7. The second kappa shape index (κ2) is 12.2. The molecule has 2 amide bonds. The Morgan fingerprint density at radius 2 is 1.72 bits per heavy atom. The summed E-state index contributed by atoms with van der Waals surface area (Å²) in [6.07, 6.45) is -2.77. The van der Waals surface area contributed by atoms with E-state index in [9.17, 15) is 23.2 Å². The van der Waals surface area contributed by atoms with Crippen molar-refractivity contribution in [3.05, 3.63) is 72.3 Å². The Morgan fingerprint density at radius 1 is 1.08 bits per heavy atom. The molecule has 2 aromatic rings. The van der Waals surface area contributed by atoms with Crippen LogP contribution in [0.25, 0.3) is 11.1 Å². The maximum atomic E-state index is 14.1. The molecular formula is C28H30F2N2O7. The van der Waals surface area contributed by atoms with Crippen molar-refractivity contribution in [1.82, 2.24) is 10.2 Å². The zero-order valence-electron chi connectivity index (χ0n) is 21.4. The fraction of sp³-hybridized carbons (Fsp3) is 0.393. The fourth-order valence-electron chi connectivity index (χ4n) is 4.86. The van der Waals surface area contributed by atoms with Crippen LogP contribution in [0.1, 0.15) is 29.9 Å². The number of nitrogens with zero attached hydrogens (tertiary/aromatic N) is 1. The molecule has 0 aromatic heterocycles. The van der Waals surface area contributed by atoms with Crippen LogP contribution >= 0.6 is 0 Å². The van der Waals surface area contributed by atoms with Gasteiger partial charge < -0.3 is 18.9 Å². The maximum Gasteiger partial charge on any atom is 0.410 e. The van der Waals surface area contributed by atoms with E-state index in [0.717, 1.165) is 27.2 Å². The number of methoxy groups -OCH3 is 1. The van der Waals surface area contributed by atoms with Gasteiger partial charge in [0.05, 0.1) is 32.7 Å². The first-order chi connectivity index (χ1) is 18.7. The lowest BCUT2D eigenvalue weighted by Gasteiger charge is -2.25. The zero-order chi connectivity index (χ0) is 28.0. The first-order valence-corrected chi connectivity index (χ1v) is 12.4. The molecule has 11 heteroatoms.